The van der Waals surface area contributed by atoms with E-state index < -0.39 is 5.97 Å². The van der Waals surface area contributed by atoms with Gasteiger partial charge in [-0.25, -0.2) is 0 Å². The van der Waals surface area contributed by atoms with Crippen LogP contribution in [0.4, 0.5) is 0 Å². The number of thioether (sulfide) groups is 1. The molecule has 2 atom stereocenters. The van der Waals surface area contributed by atoms with Gasteiger partial charge in [0, 0.05) is 0 Å². The molecule has 0 saturated heterocycles. The van der Waals surface area contributed by atoms with Gasteiger partial charge in [0.2, 0.25) is 0 Å². The van der Waals surface area contributed by atoms with Crippen LogP contribution >= 0.6 is 11.8 Å². The van der Waals surface area contributed by atoms with Gasteiger partial charge in [-0.3, -0.25) is 4.79 Å². The Balaban J connectivity index is 1.90. The lowest BCUT2D eigenvalue weighted by molar-refractivity contribution is -0.149. The van der Waals surface area contributed by atoms with Crippen LogP contribution in [0, 0.1) is 17.3 Å². The van der Waals surface area contributed by atoms with E-state index in [1.54, 1.807) is 0 Å². The molecule has 0 aromatic heterocycles. The van der Waals surface area contributed by atoms with Crippen LogP contribution < -0.4 is 0 Å². The van der Waals surface area contributed by atoms with E-state index >= 15 is 0 Å². The fourth-order valence-electron chi connectivity index (χ4n) is 2.94. The Morgan fingerprint density at radius 3 is 2.64 bits per heavy atom. The van der Waals surface area contributed by atoms with Crippen molar-refractivity contribution in [3.63, 3.8) is 0 Å². The van der Waals surface area contributed by atoms with Crippen LogP contribution in [-0.4, -0.2) is 23.1 Å². The predicted octanol–water partition coefficient (Wildman–Crippen LogP) is 2.63. The molecule has 2 unspecified atom stereocenters. The van der Waals surface area contributed by atoms with Crippen molar-refractivity contribution in [2.75, 3.05) is 12.0 Å². The van der Waals surface area contributed by atoms with E-state index in [1.165, 1.54) is 6.42 Å². The fourth-order valence-corrected chi connectivity index (χ4v) is 3.37. The molecule has 0 bridgehead atoms. The van der Waals surface area contributed by atoms with Gasteiger partial charge in [0.05, 0.1) is 5.41 Å². The van der Waals surface area contributed by atoms with Crippen LogP contribution in [-0.2, 0) is 4.79 Å². The van der Waals surface area contributed by atoms with Crippen LogP contribution in [0.25, 0.3) is 0 Å². The third-order valence-corrected chi connectivity index (χ3v) is 4.53. The third kappa shape index (κ3) is 1.79. The average Bonchev–Trinajstić information content (AvgIpc) is 2.75. The SMILES string of the molecule is CSCCCC1(C(=O)O)CC2CC2C1. The number of fused-ring (bicyclic) bond motifs is 1. The summed E-state index contributed by atoms with van der Waals surface area (Å²) in [6, 6.07) is 0. The van der Waals surface area contributed by atoms with Gasteiger partial charge < -0.3 is 5.11 Å². The highest BCUT2D eigenvalue weighted by Gasteiger charge is 2.56. The second-order valence-electron chi connectivity index (χ2n) is 4.85. The fraction of sp³-hybridized carbons (Fsp3) is 0.909. The number of carboxylic acids is 1. The highest BCUT2D eigenvalue weighted by molar-refractivity contribution is 7.98. The van der Waals surface area contributed by atoms with Crippen molar-refractivity contribution in [1.29, 1.82) is 0 Å². The van der Waals surface area contributed by atoms with Crippen molar-refractivity contribution >= 4 is 17.7 Å². The molecule has 0 aromatic rings. The number of aliphatic carboxylic acids is 1. The molecule has 0 spiro atoms. The molecule has 2 aliphatic carbocycles. The first-order valence-corrected chi connectivity index (χ1v) is 6.80. The van der Waals surface area contributed by atoms with Crippen molar-refractivity contribution < 1.29 is 9.90 Å². The summed E-state index contributed by atoms with van der Waals surface area (Å²) in [6.45, 7) is 0. The molecule has 0 aromatic carbocycles. The third-order valence-electron chi connectivity index (χ3n) is 3.83. The van der Waals surface area contributed by atoms with Gasteiger partial charge in [0.1, 0.15) is 0 Å². The van der Waals surface area contributed by atoms with Crippen LogP contribution in [0.2, 0.25) is 0 Å². The zero-order valence-corrected chi connectivity index (χ0v) is 9.48. The van der Waals surface area contributed by atoms with Crippen molar-refractivity contribution in [3.05, 3.63) is 0 Å². The van der Waals surface area contributed by atoms with Gasteiger partial charge in [-0.15, -0.1) is 0 Å². The van der Waals surface area contributed by atoms with Gasteiger partial charge in [0.25, 0.3) is 0 Å². The number of rotatable bonds is 5. The highest BCUT2D eigenvalue weighted by Crippen LogP contribution is 2.61. The lowest BCUT2D eigenvalue weighted by Crippen LogP contribution is -2.29. The molecule has 2 nitrogen and oxygen atoms in total. The lowest BCUT2D eigenvalue weighted by Gasteiger charge is -2.25. The summed E-state index contributed by atoms with van der Waals surface area (Å²) in [5, 5.41) is 9.29. The molecule has 0 amide bonds. The molecule has 2 saturated carbocycles. The largest absolute Gasteiger partial charge is 0.481 e. The Bertz CT molecular complexity index is 229. The molecule has 0 heterocycles. The Morgan fingerprint density at radius 2 is 2.14 bits per heavy atom. The van der Waals surface area contributed by atoms with Gasteiger partial charge in [0.15, 0.2) is 0 Å². The standard InChI is InChI=1S/C11H18O2S/c1-14-4-2-3-11(10(12)13)6-8-5-9(8)7-11/h8-9H,2-7H2,1H3,(H,12,13). The predicted molar refractivity (Wildman–Crippen MR) is 58.5 cm³/mol. The summed E-state index contributed by atoms with van der Waals surface area (Å²) in [6.07, 6.45) is 7.27. The summed E-state index contributed by atoms with van der Waals surface area (Å²) in [5.74, 6) is 2.09. The van der Waals surface area contributed by atoms with E-state index in [4.69, 9.17) is 0 Å². The van der Waals surface area contributed by atoms with E-state index in [-0.39, 0.29) is 5.41 Å². The molecule has 3 heteroatoms. The molecule has 2 aliphatic rings. The summed E-state index contributed by atoms with van der Waals surface area (Å²) in [5.41, 5.74) is -0.330. The van der Waals surface area contributed by atoms with Gasteiger partial charge in [-0.05, 0) is 55.9 Å². The number of hydrogen-bond acceptors (Lipinski definition) is 2. The topological polar surface area (TPSA) is 37.3 Å². The zero-order chi connectivity index (χ0) is 10.2. The monoisotopic (exact) mass is 214 g/mol. The Kier molecular flexibility index (Phi) is 2.78. The Morgan fingerprint density at radius 1 is 1.50 bits per heavy atom. The van der Waals surface area contributed by atoms with Crippen molar-refractivity contribution in [2.24, 2.45) is 17.3 Å². The summed E-state index contributed by atoms with van der Waals surface area (Å²) in [7, 11) is 0. The molecule has 0 radical (unpaired) electrons. The Labute approximate surface area is 89.5 Å². The van der Waals surface area contributed by atoms with Crippen molar-refractivity contribution in [3.8, 4) is 0 Å². The van der Waals surface area contributed by atoms with E-state index in [0.29, 0.717) is 0 Å². The molecule has 2 rings (SSSR count). The first kappa shape index (κ1) is 10.3. The smallest absolute Gasteiger partial charge is 0.309 e. The maximum Gasteiger partial charge on any atom is 0.309 e. The number of hydrogen-bond donors (Lipinski definition) is 1. The molecule has 2 fully saturated rings. The first-order chi connectivity index (χ1) is 6.68. The maximum atomic E-state index is 11.3. The first-order valence-electron chi connectivity index (χ1n) is 5.40. The van der Waals surface area contributed by atoms with E-state index in [9.17, 15) is 9.90 Å². The Hall–Kier alpha value is -0.180. The highest BCUT2D eigenvalue weighted by atomic mass is 32.2. The normalized spacial score (nSPS) is 39.5. The van der Waals surface area contributed by atoms with Crippen LogP contribution in [0.3, 0.4) is 0 Å². The summed E-state index contributed by atoms with van der Waals surface area (Å²) < 4.78 is 0. The van der Waals surface area contributed by atoms with Crippen molar-refractivity contribution in [2.45, 2.75) is 32.1 Å². The number of carbonyl (C=O) groups is 1. The molecular formula is C11H18O2S. The number of carboxylic acid groups (broad SMARTS) is 1. The quantitative estimate of drug-likeness (QED) is 0.715. The molecular weight excluding hydrogens is 196 g/mol. The second-order valence-corrected chi connectivity index (χ2v) is 5.83. The molecule has 0 aliphatic heterocycles. The maximum absolute atomic E-state index is 11.3. The minimum Gasteiger partial charge on any atom is -0.481 e. The van der Waals surface area contributed by atoms with Crippen LogP contribution in [0.5, 0.6) is 0 Å². The van der Waals surface area contributed by atoms with E-state index in [2.05, 4.69) is 6.26 Å². The second kappa shape index (κ2) is 3.76. The summed E-state index contributed by atoms with van der Waals surface area (Å²) in [4.78, 5) is 11.3. The van der Waals surface area contributed by atoms with Crippen LogP contribution in [0.1, 0.15) is 32.1 Å². The summed E-state index contributed by atoms with van der Waals surface area (Å²) >= 11 is 1.81. The zero-order valence-electron chi connectivity index (χ0n) is 8.66. The van der Waals surface area contributed by atoms with Gasteiger partial charge in [-0.1, -0.05) is 0 Å². The molecule has 14 heavy (non-hydrogen) atoms. The van der Waals surface area contributed by atoms with E-state index in [1.807, 2.05) is 11.8 Å². The minimum atomic E-state index is -0.536. The van der Waals surface area contributed by atoms with E-state index in [0.717, 1.165) is 43.3 Å². The lowest BCUT2D eigenvalue weighted by atomic mass is 9.79. The van der Waals surface area contributed by atoms with Gasteiger partial charge >= 0.3 is 5.97 Å². The molecule has 1 N–H and O–H groups in total. The van der Waals surface area contributed by atoms with Crippen LogP contribution in [0.15, 0.2) is 0 Å². The van der Waals surface area contributed by atoms with Crippen molar-refractivity contribution in [1.82, 2.24) is 0 Å². The average molecular weight is 214 g/mol. The van der Waals surface area contributed by atoms with Gasteiger partial charge in [-0.2, -0.15) is 11.8 Å². The minimum absolute atomic E-state index is 0.330. The molecule has 80 valence electrons.